The van der Waals surface area contributed by atoms with Crippen molar-refractivity contribution in [3.8, 4) is 5.75 Å². The quantitative estimate of drug-likeness (QED) is 0.687. The van der Waals surface area contributed by atoms with Gasteiger partial charge in [0.25, 0.3) is 5.91 Å². The minimum absolute atomic E-state index is 0.137. The molecule has 2 bridgehead atoms. The van der Waals surface area contributed by atoms with E-state index in [1.54, 1.807) is 21.1 Å². The summed E-state index contributed by atoms with van der Waals surface area (Å²) >= 11 is 0. The summed E-state index contributed by atoms with van der Waals surface area (Å²) in [5.41, 5.74) is 1.88. The highest BCUT2D eigenvalue weighted by Crippen LogP contribution is 2.51. The topological polar surface area (TPSA) is 70.0 Å². The van der Waals surface area contributed by atoms with E-state index in [4.69, 9.17) is 14.2 Å². The Kier molecular flexibility index (Phi) is 6.64. The van der Waals surface area contributed by atoms with E-state index in [1.165, 1.54) is 0 Å². The molecule has 1 amide bonds. The van der Waals surface area contributed by atoms with Gasteiger partial charge in [0.2, 0.25) is 5.43 Å². The number of pyridine rings is 1. The summed E-state index contributed by atoms with van der Waals surface area (Å²) in [4.78, 5) is 28.9. The maximum Gasteiger partial charge on any atom is 0.274 e. The average Bonchev–Trinajstić information content (AvgIpc) is 2.97. The summed E-state index contributed by atoms with van der Waals surface area (Å²) < 4.78 is 20.0. The molecule has 1 aromatic heterocycles. The van der Waals surface area contributed by atoms with Crippen molar-refractivity contribution >= 4 is 5.91 Å². The van der Waals surface area contributed by atoms with Crippen LogP contribution >= 0.6 is 0 Å². The van der Waals surface area contributed by atoms with Gasteiger partial charge < -0.3 is 23.7 Å². The molecule has 0 aliphatic carbocycles. The summed E-state index contributed by atoms with van der Waals surface area (Å²) in [6.45, 7) is 7.25. The summed E-state index contributed by atoms with van der Waals surface area (Å²) in [5, 5.41) is 0. The smallest absolute Gasteiger partial charge is 0.274 e. The van der Waals surface area contributed by atoms with Gasteiger partial charge in [-0.3, -0.25) is 9.59 Å². The van der Waals surface area contributed by atoms with Crippen molar-refractivity contribution in [2.45, 2.75) is 64.4 Å². The standard InChI is InChI=1S/C24H28N2O5.C2H6/c1-15-17-21(29-2)22(30-3)24-11-7-8-12-25(14-24)23(28)18(26(17)24)20(19(15)27)31-13-16-9-5-4-6-10-16;1-2/h4-6,9-10,21-22H,7-8,11-14H2,1-3H3;1-2H3. The fourth-order valence-electron chi connectivity index (χ4n) is 5.73. The Labute approximate surface area is 195 Å². The fraction of sp³-hybridized carbons (Fsp3) is 0.538. The van der Waals surface area contributed by atoms with Gasteiger partial charge in [-0.05, 0) is 31.7 Å². The third kappa shape index (κ3) is 3.49. The first-order valence-electron chi connectivity index (χ1n) is 11.8. The molecule has 33 heavy (non-hydrogen) atoms. The number of methoxy groups -OCH3 is 2. The van der Waals surface area contributed by atoms with Gasteiger partial charge in [-0.15, -0.1) is 0 Å². The van der Waals surface area contributed by atoms with Crippen LogP contribution in [0, 0.1) is 6.92 Å². The van der Waals surface area contributed by atoms with Crippen molar-refractivity contribution in [1.29, 1.82) is 0 Å². The summed E-state index contributed by atoms with van der Waals surface area (Å²) in [6.07, 6.45) is 2.06. The molecular formula is C26H34N2O5. The average molecular weight is 455 g/mol. The molecule has 7 nitrogen and oxygen atoms in total. The van der Waals surface area contributed by atoms with Crippen molar-refractivity contribution in [2.24, 2.45) is 0 Å². The molecule has 178 valence electrons. The zero-order valence-electron chi connectivity index (χ0n) is 20.2. The fourth-order valence-corrected chi connectivity index (χ4v) is 5.73. The van der Waals surface area contributed by atoms with Crippen LogP contribution in [0.25, 0.3) is 0 Å². The molecule has 1 aromatic carbocycles. The number of amides is 1. The Hall–Kier alpha value is -2.64. The molecule has 0 saturated carbocycles. The Morgan fingerprint density at radius 2 is 1.79 bits per heavy atom. The van der Waals surface area contributed by atoms with E-state index in [0.717, 1.165) is 30.5 Å². The number of carbonyl (C=O) groups excluding carboxylic acids is 1. The lowest BCUT2D eigenvalue weighted by Crippen LogP contribution is -2.57. The Morgan fingerprint density at radius 1 is 1.06 bits per heavy atom. The molecule has 1 saturated heterocycles. The molecule has 2 aromatic rings. The van der Waals surface area contributed by atoms with Crippen LogP contribution in [-0.2, 0) is 21.6 Å². The van der Waals surface area contributed by atoms with Gasteiger partial charge in [0.1, 0.15) is 18.8 Å². The van der Waals surface area contributed by atoms with Crippen molar-refractivity contribution in [3.05, 3.63) is 63.1 Å². The van der Waals surface area contributed by atoms with Crippen LogP contribution in [0.15, 0.2) is 35.1 Å². The van der Waals surface area contributed by atoms with E-state index in [0.29, 0.717) is 24.3 Å². The molecule has 1 spiro atoms. The number of carbonyl (C=O) groups is 1. The summed E-state index contributed by atoms with van der Waals surface area (Å²) in [5.74, 6) is -0.0109. The molecule has 5 rings (SSSR count). The molecule has 3 unspecified atom stereocenters. The number of ether oxygens (including phenoxy) is 3. The Morgan fingerprint density at radius 3 is 2.45 bits per heavy atom. The van der Waals surface area contributed by atoms with Gasteiger partial charge >= 0.3 is 0 Å². The largest absolute Gasteiger partial charge is 0.483 e. The van der Waals surface area contributed by atoms with Crippen LogP contribution in [0.3, 0.4) is 0 Å². The predicted molar refractivity (Wildman–Crippen MR) is 126 cm³/mol. The van der Waals surface area contributed by atoms with Gasteiger partial charge in [-0.25, -0.2) is 0 Å². The van der Waals surface area contributed by atoms with Crippen LogP contribution in [0.4, 0.5) is 0 Å². The van der Waals surface area contributed by atoms with Gasteiger partial charge in [0, 0.05) is 32.9 Å². The molecule has 3 atom stereocenters. The maximum atomic E-state index is 13.6. The third-order valence-corrected chi connectivity index (χ3v) is 7.11. The zero-order valence-corrected chi connectivity index (χ0v) is 20.2. The Balaban J connectivity index is 0.00000126. The highest BCUT2D eigenvalue weighted by Gasteiger charge is 2.59. The first-order valence-corrected chi connectivity index (χ1v) is 11.8. The minimum Gasteiger partial charge on any atom is -0.483 e. The van der Waals surface area contributed by atoms with Crippen LogP contribution in [0.2, 0.25) is 0 Å². The zero-order chi connectivity index (χ0) is 23.8. The molecule has 0 radical (unpaired) electrons. The second-order valence-electron chi connectivity index (χ2n) is 8.73. The van der Waals surface area contributed by atoms with E-state index in [2.05, 4.69) is 4.57 Å². The number of nitrogens with zero attached hydrogens (tertiary/aromatic N) is 2. The predicted octanol–water partition coefficient (Wildman–Crippen LogP) is 3.81. The van der Waals surface area contributed by atoms with Gasteiger partial charge in [-0.1, -0.05) is 44.2 Å². The van der Waals surface area contributed by atoms with E-state index >= 15 is 0 Å². The van der Waals surface area contributed by atoms with Crippen LogP contribution < -0.4 is 10.2 Å². The van der Waals surface area contributed by atoms with Gasteiger partial charge in [0.15, 0.2) is 11.4 Å². The van der Waals surface area contributed by atoms with Crippen LogP contribution in [0.1, 0.15) is 66.5 Å². The van der Waals surface area contributed by atoms with Crippen LogP contribution in [0.5, 0.6) is 5.75 Å². The second-order valence-corrected chi connectivity index (χ2v) is 8.73. The second kappa shape index (κ2) is 9.31. The molecule has 0 N–H and O–H groups in total. The normalized spacial score (nSPS) is 25.1. The number of hydrogen-bond acceptors (Lipinski definition) is 5. The van der Waals surface area contributed by atoms with Crippen molar-refractivity contribution in [1.82, 2.24) is 9.47 Å². The van der Waals surface area contributed by atoms with E-state index in [9.17, 15) is 9.59 Å². The molecule has 3 aliphatic heterocycles. The number of hydrogen-bond donors (Lipinski definition) is 0. The van der Waals surface area contributed by atoms with Gasteiger partial charge in [0.05, 0.1) is 11.2 Å². The highest BCUT2D eigenvalue weighted by atomic mass is 16.5. The van der Waals surface area contributed by atoms with E-state index in [-0.39, 0.29) is 29.8 Å². The maximum absolute atomic E-state index is 13.6. The third-order valence-electron chi connectivity index (χ3n) is 7.11. The molecule has 7 heteroatoms. The minimum atomic E-state index is -0.464. The van der Waals surface area contributed by atoms with Crippen LogP contribution in [-0.4, -0.2) is 48.8 Å². The lowest BCUT2D eigenvalue weighted by Gasteiger charge is -2.44. The number of rotatable bonds is 5. The molecule has 3 aliphatic rings. The highest BCUT2D eigenvalue weighted by molar-refractivity contribution is 5.97. The molecule has 1 fully saturated rings. The lowest BCUT2D eigenvalue weighted by atomic mass is 9.85. The number of benzene rings is 1. The van der Waals surface area contributed by atoms with Crippen molar-refractivity contribution in [2.75, 3.05) is 27.3 Å². The number of fused-ring (bicyclic) bond motifs is 1. The van der Waals surface area contributed by atoms with E-state index in [1.807, 2.05) is 49.1 Å². The summed E-state index contributed by atoms with van der Waals surface area (Å²) in [7, 11) is 3.32. The Bertz CT molecular complexity index is 1080. The van der Waals surface area contributed by atoms with Crippen molar-refractivity contribution < 1.29 is 19.0 Å². The molecular weight excluding hydrogens is 420 g/mol. The first-order chi connectivity index (χ1) is 16.0. The molecule has 4 heterocycles. The summed E-state index contributed by atoms with van der Waals surface area (Å²) in [6, 6.07) is 9.67. The monoisotopic (exact) mass is 454 g/mol. The number of aromatic nitrogens is 1. The van der Waals surface area contributed by atoms with Crippen molar-refractivity contribution in [3.63, 3.8) is 0 Å². The SMILES string of the molecule is CC.COC1c2c(C)c(=O)c(OCc3ccccc3)c3n2C2(CCCCN(C2)C3=O)C1OC. The lowest BCUT2D eigenvalue weighted by molar-refractivity contribution is -0.0818. The first kappa shape index (κ1) is 23.5. The van der Waals surface area contributed by atoms with Gasteiger partial charge in [-0.2, -0.15) is 0 Å². The van der Waals surface area contributed by atoms with E-state index < -0.39 is 11.6 Å².